The van der Waals surface area contributed by atoms with Crippen molar-refractivity contribution >= 4 is 11.5 Å². The molecule has 0 amide bonds. The summed E-state index contributed by atoms with van der Waals surface area (Å²) in [6, 6.07) is 4.03. The molecule has 0 bridgehead atoms. The quantitative estimate of drug-likeness (QED) is 0.742. The minimum Gasteiger partial charge on any atom is -0.396 e. The number of hydrogen-bond acceptors (Lipinski definition) is 4. The van der Waals surface area contributed by atoms with Crippen molar-refractivity contribution in [1.82, 2.24) is 4.98 Å². The maximum absolute atomic E-state index is 5.77. The molecule has 0 aliphatic carbocycles. The topological polar surface area (TPSA) is 60.2 Å². The van der Waals surface area contributed by atoms with E-state index in [1.165, 1.54) is 0 Å². The molecule has 2 heterocycles. The van der Waals surface area contributed by atoms with Crippen LogP contribution in [0.2, 0.25) is 0 Å². The van der Waals surface area contributed by atoms with Crippen LogP contribution in [-0.4, -0.2) is 24.2 Å². The van der Waals surface area contributed by atoms with E-state index in [2.05, 4.69) is 10.3 Å². The standard InChI is InChI=1S/C10H15N3O/c11-9-4-1-5-12-10(9)13-8-3-2-6-14-7-8/h1,4-5,8H,2-3,6-7,11H2,(H,12,13). The summed E-state index contributed by atoms with van der Waals surface area (Å²) in [5.74, 6) is 0.767. The average molecular weight is 193 g/mol. The maximum Gasteiger partial charge on any atom is 0.149 e. The Morgan fingerprint density at radius 2 is 2.50 bits per heavy atom. The van der Waals surface area contributed by atoms with Gasteiger partial charge in [-0.15, -0.1) is 0 Å². The van der Waals surface area contributed by atoms with Gasteiger partial charge in [-0.2, -0.15) is 0 Å². The van der Waals surface area contributed by atoms with Gasteiger partial charge in [0.1, 0.15) is 5.82 Å². The first-order chi connectivity index (χ1) is 6.86. The number of anilines is 2. The van der Waals surface area contributed by atoms with Crippen molar-refractivity contribution in [3.63, 3.8) is 0 Å². The van der Waals surface area contributed by atoms with E-state index in [4.69, 9.17) is 10.5 Å². The highest BCUT2D eigenvalue weighted by atomic mass is 16.5. The van der Waals surface area contributed by atoms with E-state index >= 15 is 0 Å². The van der Waals surface area contributed by atoms with Crippen LogP contribution >= 0.6 is 0 Å². The number of rotatable bonds is 2. The zero-order valence-electron chi connectivity index (χ0n) is 8.07. The van der Waals surface area contributed by atoms with Gasteiger partial charge >= 0.3 is 0 Å². The summed E-state index contributed by atoms with van der Waals surface area (Å²) in [5, 5.41) is 3.29. The highest BCUT2D eigenvalue weighted by molar-refractivity contribution is 5.60. The number of hydrogen-bond donors (Lipinski definition) is 2. The second-order valence-corrected chi connectivity index (χ2v) is 3.50. The van der Waals surface area contributed by atoms with Crippen LogP contribution in [0.1, 0.15) is 12.8 Å². The maximum atomic E-state index is 5.77. The Hall–Kier alpha value is -1.29. The molecule has 1 unspecified atom stereocenters. The molecule has 76 valence electrons. The highest BCUT2D eigenvalue weighted by Crippen LogP contribution is 2.17. The Bertz CT molecular complexity index is 297. The first kappa shape index (κ1) is 9.27. The monoisotopic (exact) mass is 193 g/mol. The number of ether oxygens (including phenoxy) is 1. The van der Waals surface area contributed by atoms with Gasteiger partial charge in [0.25, 0.3) is 0 Å². The molecule has 4 heteroatoms. The third-order valence-electron chi connectivity index (χ3n) is 2.34. The highest BCUT2D eigenvalue weighted by Gasteiger charge is 2.14. The predicted octanol–water partition coefficient (Wildman–Crippen LogP) is 1.25. The van der Waals surface area contributed by atoms with Crippen molar-refractivity contribution < 1.29 is 4.74 Å². The van der Waals surface area contributed by atoms with Gasteiger partial charge < -0.3 is 15.8 Å². The van der Waals surface area contributed by atoms with Crippen molar-refractivity contribution in [2.24, 2.45) is 0 Å². The van der Waals surface area contributed by atoms with Crippen molar-refractivity contribution in [2.45, 2.75) is 18.9 Å². The van der Waals surface area contributed by atoms with Gasteiger partial charge in [-0.1, -0.05) is 0 Å². The van der Waals surface area contributed by atoms with E-state index in [0.29, 0.717) is 11.7 Å². The summed E-state index contributed by atoms with van der Waals surface area (Å²) in [6.45, 7) is 1.62. The van der Waals surface area contributed by atoms with E-state index in [-0.39, 0.29) is 0 Å². The summed E-state index contributed by atoms with van der Waals surface area (Å²) in [5.41, 5.74) is 6.46. The first-order valence-corrected chi connectivity index (χ1v) is 4.91. The number of pyridine rings is 1. The van der Waals surface area contributed by atoms with Crippen LogP contribution in [-0.2, 0) is 4.74 Å². The minimum absolute atomic E-state index is 0.348. The molecule has 0 saturated carbocycles. The molecule has 0 aromatic carbocycles. The van der Waals surface area contributed by atoms with Gasteiger partial charge in [0, 0.05) is 12.8 Å². The Morgan fingerprint density at radius 3 is 3.21 bits per heavy atom. The third kappa shape index (κ3) is 2.14. The van der Waals surface area contributed by atoms with Crippen LogP contribution < -0.4 is 11.1 Å². The van der Waals surface area contributed by atoms with E-state index in [1.807, 2.05) is 12.1 Å². The molecule has 1 aromatic rings. The summed E-state index contributed by atoms with van der Waals surface area (Å²) in [7, 11) is 0. The summed E-state index contributed by atoms with van der Waals surface area (Å²) < 4.78 is 5.36. The van der Waals surface area contributed by atoms with E-state index in [1.54, 1.807) is 6.20 Å². The molecular formula is C10H15N3O. The molecule has 1 saturated heterocycles. The van der Waals surface area contributed by atoms with Crippen LogP contribution in [0.3, 0.4) is 0 Å². The number of nitrogens with one attached hydrogen (secondary N) is 1. The van der Waals surface area contributed by atoms with Crippen molar-refractivity contribution in [3.05, 3.63) is 18.3 Å². The molecule has 1 aromatic heterocycles. The third-order valence-corrected chi connectivity index (χ3v) is 2.34. The lowest BCUT2D eigenvalue weighted by Gasteiger charge is -2.24. The molecule has 14 heavy (non-hydrogen) atoms. The van der Waals surface area contributed by atoms with Crippen LogP contribution in [0, 0.1) is 0 Å². The van der Waals surface area contributed by atoms with Crippen LogP contribution in [0.5, 0.6) is 0 Å². The molecule has 0 spiro atoms. The molecule has 1 aliphatic rings. The largest absolute Gasteiger partial charge is 0.396 e. The van der Waals surface area contributed by atoms with E-state index in [9.17, 15) is 0 Å². The number of nitrogens with two attached hydrogens (primary N) is 1. The lowest BCUT2D eigenvalue weighted by Crippen LogP contribution is -2.30. The summed E-state index contributed by atoms with van der Waals surface area (Å²) >= 11 is 0. The normalized spacial score (nSPS) is 21.9. The predicted molar refractivity (Wildman–Crippen MR) is 56.1 cm³/mol. The second kappa shape index (κ2) is 4.28. The number of aromatic nitrogens is 1. The molecule has 4 nitrogen and oxygen atoms in total. The van der Waals surface area contributed by atoms with Gasteiger partial charge in [-0.25, -0.2) is 4.98 Å². The molecule has 1 atom stereocenters. The van der Waals surface area contributed by atoms with Crippen molar-refractivity contribution in [2.75, 3.05) is 24.3 Å². The smallest absolute Gasteiger partial charge is 0.149 e. The fourth-order valence-electron chi connectivity index (χ4n) is 1.59. The van der Waals surface area contributed by atoms with Gasteiger partial charge in [0.05, 0.1) is 18.3 Å². The SMILES string of the molecule is Nc1cccnc1NC1CCCOC1. The first-order valence-electron chi connectivity index (χ1n) is 4.91. The lowest BCUT2D eigenvalue weighted by atomic mass is 10.1. The van der Waals surface area contributed by atoms with Gasteiger partial charge in [-0.05, 0) is 25.0 Å². The average Bonchev–Trinajstić information content (AvgIpc) is 2.23. The molecule has 3 N–H and O–H groups in total. The molecule has 0 radical (unpaired) electrons. The fourth-order valence-corrected chi connectivity index (χ4v) is 1.59. The zero-order valence-corrected chi connectivity index (χ0v) is 8.07. The zero-order chi connectivity index (χ0) is 9.80. The van der Waals surface area contributed by atoms with E-state index in [0.717, 1.165) is 31.9 Å². The van der Waals surface area contributed by atoms with Crippen LogP contribution in [0.4, 0.5) is 11.5 Å². The lowest BCUT2D eigenvalue weighted by molar-refractivity contribution is 0.0875. The minimum atomic E-state index is 0.348. The molecular weight excluding hydrogens is 178 g/mol. The van der Waals surface area contributed by atoms with Gasteiger partial charge in [0.2, 0.25) is 0 Å². The fraction of sp³-hybridized carbons (Fsp3) is 0.500. The Morgan fingerprint density at radius 1 is 1.57 bits per heavy atom. The Labute approximate surface area is 83.5 Å². The van der Waals surface area contributed by atoms with Crippen molar-refractivity contribution in [1.29, 1.82) is 0 Å². The van der Waals surface area contributed by atoms with Crippen molar-refractivity contribution in [3.8, 4) is 0 Å². The molecule has 1 fully saturated rings. The number of nitrogen functional groups attached to an aromatic ring is 1. The summed E-state index contributed by atoms with van der Waals surface area (Å²) in [4.78, 5) is 4.18. The van der Waals surface area contributed by atoms with Gasteiger partial charge in [-0.3, -0.25) is 0 Å². The second-order valence-electron chi connectivity index (χ2n) is 3.50. The Kier molecular flexibility index (Phi) is 2.84. The number of nitrogens with zero attached hydrogens (tertiary/aromatic N) is 1. The summed E-state index contributed by atoms with van der Waals surface area (Å²) in [6.07, 6.45) is 3.96. The van der Waals surface area contributed by atoms with Crippen LogP contribution in [0.15, 0.2) is 18.3 Å². The van der Waals surface area contributed by atoms with Crippen LogP contribution in [0.25, 0.3) is 0 Å². The molecule has 1 aliphatic heterocycles. The van der Waals surface area contributed by atoms with Gasteiger partial charge in [0.15, 0.2) is 0 Å². The van der Waals surface area contributed by atoms with E-state index < -0.39 is 0 Å². The Balaban J connectivity index is 1.99. The molecule has 2 rings (SSSR count).